The summed E-state index contributed by atoms with van der Waals surface area (Å²) in [5, 5.41) is 0. The number of para-hydroxylation sites is 1. The summed E-state index contributed by atoms with van der Waals surface area (Å²) in [4.78, 5) is 11.0. The molecule has 0 amide bonds. The van der Waals surface area contributed by atoms with E-state index in [-0.39, 0.29) is 6.10 Å². The molecule has 92 valence electrons. The van der Waals surface area contributed by atoms with Gasteiger partial charge in [-0.1, -0.05) is 25.5 Å². The predicted octanol–water partition coefficient (Wildman–Crippen LogP) is 3.77. The van der Waals surface area contributed by atoms with Crippen LogP contribution in [0.1, 0.15) is 48.5 Å². The fourth-order valence-electron chi connectivity index (χ4n) is 2.58. The highest BCUT2D eigenvalue weighted by Gasteiger charge is 2.21. The first kappa shape index (κ1) is 12.2. The zero-order valence-corrected chi connectivity index (χ0v) is 10.6. The second-order valence-corrected chi connectivity index (χ2v) is 5.12. The maximum absolute atomic E-state index is 11.0. The molecular formula is C15H20O2. The molecule has 2 nitrogen and oxygen atoms in total. The monoisotopic (exact) mass is 232 g/mol. The number of hydrogen-bond acceptors (Lipinski definition) is 2. The average molecular weight is 232 g/mol. The van der Waals surface area contributed by atoms with E-state index in [1.807, 2.05) is 25.1 Å². The van der Waals surface area contributed by atoms with E-state index in [9.17, 15) is 4.79 Å². The molecule has 2 heteroatoms. The Hall–Kier alpha value is -1.31. The molecule has 1 saturated carbocycles. The van der Waals surface area contributed by atoms with Gasteiger partial charge in [-0.25, -0.2) is 0 Å². The van der Waals surface area contributed by atoms with E-state index >= 15 is 0 Å². The minimum atomic E-state index is 0.276. The van der Waals surface area contributed by atoms with Gasteiger partial charge < -0.3 is 4.74 Å². The van der Waals surface area contributed by atoms with E-state index in [2.05, 4.69) is 6.92 Å². The summed E-state index contributed by atoms with van der Waals surface area (Å²) in [5.74, 6) is 1.51. The summed E-state index contributed by atoms with van der Waals surface area (Å²) in [6, 6.07) is 5.71. The van der Waals surface area contributed by atoms with E-state index in [0.29, 0.717) is 5.56 Å². The number of hydrogen-bond donors (Lipinski definition) is 0. The fraction of sp³-hybridized carbons (Fsp3) is 0.533. The van der Waals surface area contributed by atoms with Crippen molar-refractivity contribution >= 4 is 6.29 Å². The Bertz CT molecular complexity index is 398. The van der Waals surface area contributed by atoms with Crippen LogP contribution in [0.3, 0.4) is 0 Å². The molecule has 2 atom stereocenters. The van der Waals surface area contributed by atoms with Crippen LogP contribution in [0.2, 0.25) is 0 Å². The smallest absolute Gasteiger partial charge is 0.153 e. The Morgan fingerprint density at radius 1 is 1.35 bits per heavy atom. The van der Waals surface area contributed by atoms with Crippen molar-refractivity contribution in [2.45, 2.75) is 45.6 Å². The lowest BCUT2D eigenvalue weighted by atomic mass is 9.88. The first-order valence-electron chi connectivity index (χ1n) is 6.42. The van der Waals surface area contributed by atoms with Crippen molar-refractivity contribution in [3.8, 4) is 5.75 Å². The van der Waals surface area contributed by atoms with Crippen LogP contribution >= 0.6 is 0 Å². The van der Waals surface area contributed by atoms with Crippen LogP contribution in [0.15, 0.2) is 18.2 Å². The molecule has 0 aromatic heterocycles. The van der Waals surface area contributed by atoms with E-state index in [1.54, 1.807) is 0 Å². The van der Waals surface area contributed by atoms with Gasteiger partial charge in [-0.05, 0) is 43.7 Å². The van der Waals surface area contributed by atoms with Gasteiger partial charge in [0, 0.05) is 0 Å². The summed E-state index contributed by atoms with van der Waals surface area (Å²) in [5.41, 5.74) is 1.72. The number of aldehydes is 1. The van der Waals surface area contributed by atoms with E-state index in [1.165, 1.54) is 12.8 Å². The molecule has 2 unspecified atom stereocenters. The normalized spacial score (nSPS) is 24.4. The van der Waals surface area contributed by atoms with Crippen LogP contribution in [-0.2, 0) is 0 Å². The number of rotatable bonds is 3. The number of carbonyl (C=O) groups is 1. The van der Waals surface area contributed by atoms with Crippen LogP contribution in [-0.4, -0.2) is 12.4 Å². The van der Waals surface area contributed by atoms with E-state index in [4.69, 9.17) is 4.74 Å². The Morgan fingerprint density at radius 2 is 2.18 bits per heavy atom. The van der Waals surface area contributed by atoms with E-state index in [0.717, 1.165) is 36.4 Å². The van der Waals surface area contributed by atoms with Gasteiger partial charge in [0.2, 0.25) is 0 Å². The minimum absolute atomic E-state index is 0.276. The first-order valence-corrected chi connectivity index (χ1v) is 6.42. The second kappa shape index (κ2) is 5.35. The summed E-state index contributed by atoms with van der Waals surface area (Å²) >= 11 is 0. The predicted molar refractivity (Wildman–Crippen MR) is 68.6 cm³/mol. The molecule has 1 fully saturated rings. The Labute approximate surface area is 103 Å². The highest BCUT2D eigenvalue weighted by Crippen LogP contribution is 2.30. The standard InChI is InChI=1S/C15H20O2/c1-11-5-3-8-14(9-11)17-15-12(2)6-4-7-13(15)10-16/h4,6-7,10-11,14H,3,5,8-9H2,1-2H3. The molecular weight excluding hydrogens is 212 g/mol. The van der Waals surface area contributed by atoms with Crippen molar-refractivity contribution in [3.63, 3.8) is 0 Å². The molecule has 0 spiro atoms. The Balaban J connectivity index is 2.14. The zero-order valence-electron chi connectivity index (χ0n) is 10.6. The van der Waals surface area contributed by atoms with Crippen LogP contribution in [0.4, 0.5) is 0 Å². The number of aryl methyl sites for hydroxylation is 1. The minimum Gasteiger partial charge on any atom is -0.489 e. The van der Waals surface area contributed by atoms with Gasteiger partial charge in [-0.15, -0.1) is 0 Å². The highest BCUT2D eigenvalue weighted by molar-refractivity contribution is 5.80. The number of carbonyl (C=O) groups excluding carboxylic acids is 1. The van der Waals surface area contributed by atoms with Gasteiger partial charge in [-0.2, -0.15) is 0 Å². The summed E-state index contributed by atoms with van der Waals surface area (Å²) in [6.45, 7) is 4.27. The van der Waals surface area contributed by atoms with Crippen molar-refractivity contribution in [3.05, 3.63) is 29.3 Å². The van der Waals surface area contributed by atoms with Crippen LogP contribution < -0.4 is 4.74 Å². The maximum Gasteiger partial charge on any atom is 0.153 e. The van der Waals surface area contributed by atoms with Gasteiger partial charge in [0.1, 0.15) is 5.75 Å². The van der Waals surface area contributed by atoms with Gasteiger partial charge in [0.05, 0.1) is 11.7 Å². The topological polar surface area (TPSA) is 26.3 Å². The molecule has 0 saturated heterocycles. The third-order valence-corrected chi connectivity index (χ3v) is 3.54. The van der Waals surface area contributed by atoms with Crippen LogP contribution in [0, 0.1) is 12.8 Å². The molecule has 1 aliphatic rings. The van der Waals surface area contributed by atoms with E-state index < -0.39 is 0 Å². The second-order valence-electron chi connectivity index (χ2n) is 5.12. The summed E-state index contributed by atoms with van der Waals surface area (Å²) in [6.07, 6.45) is 5.90. The Kier molecular flexibility index (Phi) is 3.82. The van der Waals surface area contributed by atoms with Crippen LogP contribution in [0.25, 0.3) is 0 Å². The lowest BCUT2D eigenvalue weighted by Crippen LogP contribution is -2.24. The largest absolute Gasteiger partial charge is 0.489 e. The molecule has 0 bridgehead atoms. The summed E-state index contributed by atoms with van der Waals surface area (Å²) < 4.78 is 6.05. The van der Waals surface area contributed by atoms with Gasteiger partial charge in [0.25, 0.3) is 0 Å². The molecule has 0 aliphatic heterocycles. The maximum atomic E-state index is 11.0. The molecule has 2 rings (SSSR count). The zero-order chi connectivity index (χ0) is 12.3. The average Bonchev–Trinajstić information content (AvgIpc) is 2.32. The summed E-state index contributed by atoms with van der Waals surface area (Å²) in [7, 11) is 0. The van der Waals surface area contributed by atoms with Crippen LogP contribution in [0.5, 0.6) is 5.75 Å². The van der Waals surface area contributed by atoms with Crippen molar-refractivity contribution in [1.29, 1.82) is 0 Å². The van der Waals surface area contributed by atoms with Gasteiger partial charge in [0.15, 0.2) is 6.29 Å². The molecule has 1 aromatic rings. The van der Waals surface area contributed by atoms with Crippen molar-refractivity contribution < 1.29 is 9.53 Å². The van der Waals surface area contributed by atoms with Gasteiger partial charge >= 0.3 is 0 Å². The first-order chi connectivity index (χ1) is 8.20. The molecule has 0 N–H and O–H groups in total. The van der Waals surface area contributed by atoms with Gasteiger partial charge in [-0.3, -0.25) is 4.79 Å². The molecule has 1 aliphatic carbocycles. The number of benzene rings is 1. The number of ether oxygens (including phenoxy) is 1. The van der Waals surface area contributed by atoms with Crippen molar-refractivity contribution in [1.82, 2.24) is 0 Å². The third kappa shape index (κ3) is 2.87. The highest BCUT2D eigenvalue weighted by atomic mass is 16.5. The molecule has 0 radical (unpaired) electrons. The SMILES string of the molecule is Cc1cccc(C=O)c1OC1CCCC(C)C1. The molecule has 0 heterocycles. The van der Waals surface area contributed by atoms with Crippen molar-refractivity contribution in [2.75, 3.05) is 0 Å². The fourth-order valence-corrected chi connectivity index (χ4v) is 2.58. The lowest BCUT2D eigenvalue weighted by Gasteiger charge is -2.28. The lowest BCUT2D eigenvalue weighted by molar-refractivity contribution is 0.109. The molecule has 1 aromatic carbocycles. The quantitative estimate of drug-likeness (QED) is 0.742. The molecule has 17 heavy (non-hydrogen) atoms. The third-order valence-electron chi connectivity index (χ3n) is 3.54. The Morgan fingerprint density at radius 3 is 2.88 bits per heavy atom. The van der Waals surface area contributed by atoms with Crippen molar-refractivity contribution in [2.24, 2.45) is 5.92 Å².